The Bertz CT molecular complexity index is 675. The van der Waals surface area contributed by atoms with Crippen LogP contribution in [0.4, 0.5) is 0 Å². The summed E-state index contributed by atoms with van der Waals surface area (Å²) in [6, 6.07) is 8.30. The van der Waals surface area contributed by atoms with E-state index in [0.717, 1.165) is 33.8 Å². The van der Waals surface area contributed by atoms with Crippen LogP contribution >= 0.6 is 0 Å². The molecule has 1 aromatic carbocycles. The summed E-state index contributed by atoms with van der Waals surface area (Å²) in [5.74, 6) is 0.844. The first kappa shape index (κ1) is 16.3. The number of hydrogen-bond donors (Lipinski definition) is 0. The smallest absolute Gasteiger partial charge is 0.202 e. The van der Waals surface area contributed by atoms with Crippen molar-refractivity contribution < 1.29 is 9.53 Å². The maximum Gasteiger partial charge on any atom is 0.202 e. The number of nitrogens with zero attached hydrogens (tertiary/aromatic N) is 1. The monoisotopic (exact) mass is 299 g/mol. The molecular weight excluding hydrogens is 274 g/mol. The van der Waals surface area contributed by atoms with Crippen molar-refractivity contribution in [3.8, 4) is 5.75 Å². The molecule has 22 heavy (non-hydrogen) atoms. The lowest BCUT2D eigenvalue weighted by molar-refractivity contribution is 0.0920. The van der Waals surface area contributed by atoms with Crippen LogP contribution in [0.2, 0.25) is 0 Å². The Balaban J connectivity index is 2.19. The first-order valence-electron chi connectivity index (χ1n) is 7.73. The highest BCUT2D eigenvalue weighted by Gasteiger charge is 2.18. The highest BCUT2D eigenvalue weighted by atomic mass is 16.5. The van der Waals surface area contributed by atoms with Gasteiger partial charge in [-0.1, -0.05) is 18.2 Å². The van der Waals surface area contributed by atoms with E-state index in [1.807, 2.05) is 52.0 Å². The van der Waals surface area contributed by atoms with E-state index in [4.69, 9.17) is 4.74 Å². The van der Waals surface area contributed by atoms with E-state index in [0.29, 0.717) is 6.04 Å². The number of ketones is 1. The largest absolute Gasteiger partial charge is 0.485 e. The molecular formula is C19H25NO2. The second-order valence-electron chi connectivity index (χ2n) is 6.18. The second kappa shape index (κ2) is 6.39. The minimum Gasteiger partial charge on any atom is -0.485 e. The molecule has 3 heteroatoms. The number of carbonyl (C=O) groups excluding carboxylic acids is 1. The fourth-order valence-corrected chi connectivity index (χ4v) is 3.10. The van der Waals surface area contributed by atoms with Crippen LogP contribution in [-0.4, -0.2) is 17.0 Å². The van der Waals surface area contributed by atoms with Crippen molar-refractivity contribution in [1.82, 2.24) is 4.57 Å². The van der Waals surface area contributed by atoms with Gasteiger partial charge in [0.25, 0.3) is 0 Å². The normalized spacial score (nSPS) is 11.0. The maximum absolute atomic E-state index is 12.5. The molecule has 3 nitrogen and oxygen atoms in total. The van der Waals surface area contributed by atoms with Crippen molar-refractivity contribution >= 4 is 5.78 Å². The van der Waals surface area contributed by atoms with Gasteiger partial charge in [0.15, 0.2) is 6.61 Å². The third-order valence-corrected chi connectivity index (χ3v) is 4.06. The molecule has 1 aromatic heterocycles. The van der Waals surface area contributed by atoms with Crippen molar-refractivity contribution in [2.24, 2.45) is 0 Å². The Morgan fingerprint density at radius 1 is 1.14 bits per heavy atom. The number of Topliss-reactive ketones (excluding diaryl/α,β-unsaturated/α-hetero) is 1. The minimum absolute atomic E-state index is 0.0302. The number of aromatic nitrogens is 1. The molecule has 2 aromatic rings. The lowest BCUT2D eigenvalue weighted by atomic mass is 10.1. The topological polar surface area (TPSA) is 31.2 Å². The summed E-state index contributed by atoms with van der Waals surface area (Å²) in [5, 5.41) is 0. The first-order chi connectivity index (χ1) is 10.3. The Hall–Kier alpha value is -2.03. The number of rotatable bonds is 5. The number of para-hydroxylation sites is 1. The van der Waals surface area contributed by atoms with E-state index >= 15 is 0 Å². The van der Waals surface area contributed by atoms with Gasteiger partial charge in [0.1, 0.15) is 5.75 Å². The van der Waals surface area contributed by atoms with Gasteiger partial charge in [-0.05, 0) is 58.7 Å². The molecule has 0 unspecified atom stereocenters. The van der Waals surface area contributed by atoms with Gasteiger partial charge in [-0.15, -0.1) is 0 Å². The zero-order chi connectivity index (χ0) is 16.4. The molecule has 0 N–H and O–H groups in total. The zero-order valence-corrected chi connectivity index (χ0v) is 14.4. The molecule has 0 aliphatic carbocycles. The summed E-state index contributed by atoms with van der Waals surface area (Å²) in [7, 11) is 0. The molecule has 0 saturated carbocycles. The van der Waals surface area contributed by atoms with Crippen molar-refractivity contribution in [3.63, 3.8) is 0 Å². The third kappa shape index (κ3) is 3.08. The van der Waals surface area contributed by atoms with Crippen molar-refractivity contribution in [3.05, 3.63) is 52.3 Å². The number of hydrogen-bond acceptors (Lipinski definition) is 2. The van der Waals surface area contributed by atoms with Crippen LogP contribution in [0.15, 0.2) is 24.3 Å². The Labute approximate surface area is 132 Å². The van der Waals surface area contributed by atoms with Crippen molar-refractivity contribution in [2.75, 3.05) is 6.61 Å². The van der Waals surface area contributed by atoms with E-state index < -0.39 is 0 Å². The van der Waals surface area contributed by atoms with Crippen LogP contribution < -0.4 is 4.74 Å². The summed E-state index contributed by atoms with van der Waals surface area (Å²) >= 11 is 0. The number of aryl methyl sites for hydroxylation is 3. The molecule has 118 valence electrons. The first-order valence-corrected chi connectivity index (χ1v) is 7.73. The van der Waals surface area contributed by atoms with Gasteiger partial charge in [-0.2, -0.15) is 0 Å². The van der Waals surface area contributed by atoms with E-state index in [1.165, 1.54) is 0 Å². The van der Waals surface area contributed by atoms with Gasteiger partial charge >= 0.3 is 0 Å². The highest BCUT2D eigenvalue weighted by molar-refractivity contribution is 5.98. The summed E-state index contributed by atoms with van der Waals surface area (Å²) in [4.78, 5) is 12.5. The third-order valence-electron chi connectivity index (χ3n) is 4.06. The average Bonchev–Trinajstić information content (AvgIpc) is 2.73. The van der Waals surface area contributed by atoms with Gasteiger partial charge in [-0.3, -0.25) is 4.79 Å². The SMILES string of the molecule is Cc1cccc(C)c1OCC(=O)c1cc(C)n(C(C)C)c1C. The molecule has 0 radical (unpaired) electrons. The molecule has 0 aliphatic heterocycles. The van der Waals surface area contributed by atoms with Gasteiger partial charge in [-0.25, -0.2) is 0 Å². The maximum atomic E-state index is 12.5. The van der Waals surface area contributed by atoms with Gasteiger partial charge < -0.3 is 9.30 Å². The molecule has 2 rings (SSSR count). The predicted molar refractivity (Wildman–Crippen MR) is 90.0 cm³/mol. The Kier molecular flexibility index (Phi) is 4.74. The Morgan fingerprint density at radius 3 is 2.23 bits per heavy atom. The molecule has 0 bridgehead atoms. The van der Waals surface area contributed by atoms with Crippen LogP contribution in [0, 0.1) is 27.7 Å². The van der Waals surface area contributed by atoms with Crippen LogP contribution in [0.1, 0.15) is 52.8 Å². The van der Waals surface area contributed by atoms with Crippen LogP contribution in [0.25, 0.3) is 0 Å². The van der Waals surface area contributed by atoms with E-state index in [9.17, 15) is 4.79 Å². The predicted octanol–water partition coefficient (Wildman–Crippen LogP) is 4.56. The van der Waals surface area contributed by atoms with Gasteiger partial charge in [0.2, 0.25) is 5.78 Å². The van der Waals surface area contributed by atoms with E-state index in [2.05, 4.69) is 18.4 Å². The molecule has 0 atom stereocenters. The molecule has 0 saturated heterocycles. The molecule has 0 fully saturated rings. The van der Waals surface area contributed by atoms with Crippen molar-refractivity contribution in [2.45, 2.75) is 47.6 Å². The van der Waals surface area contributed by atoms with Crippen LogP contribution in [0.3, 0.4) is 0 Å². The summed E-state index contributed by atoms with van der Waals surface area (Å²) < 4.78 is 7.98. The number of ether oxygens (including phenoxy) is 1. The quantitative estimate of drug-likeness (QED) is 0.758. The molecule has 0 amide bonds. The highest BCUT2D eigenvalue weighted by Crippen LogP contribution is 2.24. The van der Waals surface area contributed by atoms with Gasteiger partial charge in [0, 0.05) is 23.0 Å². The van der Waals surface area contributed by atoms with E-state index in [1.54, 1.807) is 0 Å². The lowest BCUT2D eigenvalue weighted by Gasteiger charge is -2.14. The summed E-state index contributed by atoms with van der Waals surface area (Å²) in [6.07, 6.45) is 0. The number of carbonyl (C=O) groups is 1. The number of benzene rings is 1. The lowest BCUT2D eigenvalue weighted by Crippen LogP contribution is -2.14. The average molecular weight is 299 g/mol. The summed E-state index contributed by atoms with van der Waals surface area (Å²) in [5.41, 5.74) is 5.00. The Morgan fingerprint density at radius 2 is 1.73 bits per heavy atom. The minimum atomic E-state index is 0.0302. The molecule has 0 aliphatic rings. The fourth-order valence-electron chi connectivity index (χ4n) is 3.10. The van der Waals surface area contributed by atoms with E-state index in [-0.39, 0.29) is 12.4 Å². The molecule has 1 heterocycles. The van der Waals surface area contributed by atoms with Gasteiger partial charge in [0.05, 0.1) is 0 Å². The van der Waals surface area contributed by atoms with Crippen LogP contribution in [-0.2, 0) is 0 Å². The molecule has 0 spiro atoms. The fraction of sp³-hybridized carbons (Fsp3) is 0.421. The summed E-state index contributed by atoms with van der Waals surface area (Å²) in [6.45, 7) is 12.4. The zero-order valence-electron chi connectivity index (χ0n) is 14.4. The standard InChI is InChI=1S/C19H25NO2/c1-12(2)20-15(5)10-17(16(20)6)18(21)11-22-19-13(3)8-7-9-14(19)4/h7-10,12H,11H2,1-6H3. The second-order valence-corrected chi connectivity index (χ2v) is 6.18. The van der Waals surface area contributed by atoms with Crippen LogP contribution in [0.5, 0.6) is 5.75 Å². The van der Waals surface area contributed by atoms with Crippen molar-refractivity contribution in [1.29, 1.82) is 0 Å².